The number of benzene rings is 2. The highest BCUT2D eigenvalue weighted by Gasteiger charge is 2.38. The average molecular weight is 497 g/mol. The maximum absolute atomic E-state index is 13.3. The standard InChI is InChI=1S/C23H27F3N6O.ClH/c1-3-31-12-11-20(19(15-31)16-7-5-4-6-8-16)27-14-17-13-18(9-10-21(17)33-2)32-22(23(24,25)26)28-29-30-32;/h4-10,13,19-20,27H,3,11-12,14-15H2,1-2H3;1H/t19-,20-;/m0./s1. The smallest absolute Gasteiger partial charge is 0.453 e. The zero-order valence-corrected chi connectivity index (χ0v) is 19.8. The zero-order chi connectivity index (χ0) is 23.4. The highest BCUT2D eigenvalue weighted by molar-refractivity contribution is 5.85. The van der Waals surface area contributed by atoms with Crippen LogP contribution in [0.3, 0.4) is 0 Å². The van der Waals surface area contributed by atoms with Crippen LogP contribution >= 0.6 is 12.4 Å². The highest BCUT2D eigenvalue weighted by Crippen LogP contribution is 2.31. The maximum atomic E-state index is 13.3. The molecular formula is C23H28ClF3N6O. The Bertz CT molecular complexity index is 1060. The summed E-state index contributed by atoms with van der Waals surface area (Å²) in [6, 6.07) is 15.4. The van der Waals surface area contributed by atoms with Gasteiger partial charge in [-0.1, -0.05) is 37.3 Å². The number of hydrogen-bond acceptors (Lipinski definition) is 6. The van der Waals surface area contributed by atoms with E-state index in [2.05, 4.69) is 44.8 Å². The van der Waals surface area contributed by atoms with Gasteiger partial charge in [-0.05, 0) is 53.7 Å². The molecular weight excluding hydrogens is 469 g/mol. The third kappa shape index (κ3) is 5.68. The van der Waals surface area contributed by atoms with Crippen molar-refractivity contribution >= 4 is 12.4 Å². The Hall–Kier alpha value is -2.69. The van der Waals surface area contributed by atoms with Crippen LogP contribution in [0.4, 0.5) is 13.2 Å². The van der Waals surface area contributed by atoms with Gasteiger partial charge < -0.3 is 15.0 Å². The molecule has 0 aliphatic carbocycles. The summed E-state index contributed by atoms with van der Waals surface area (Å²) in [5, 5.41) is 13.5. The van der Waals surface area contributed by atoms with E-state index >= 15 is 0 Å². The van der Waals surface area contributed by atoms with E-state index in [1.54, 1.807) is 19.2 Å². The Morgan fingerprint density at radius 2 is 1.91 bits per heavy atom. The Balaban J connectivity index is 0.00000324. The average Bonchev–Trinajstić information content (AvgIpc) is 3.34. The van der Waals surface area contributed by atoms with Gasteiger partial charge in [0.2, 0.25) is 0 Å². The third-order valence-corrected chi connectivity index (χ3v) is 6.16. The molecule has 11 heteroatoms. The van der Waals surface area contributed by atoms with E-state index in [0.29, 0.717) is 22.9 Å². The number of halogens is 4. The first-order valence-electron chi connectivity index (χ1n) is 10.9. The summed E-state index contributed by atoms with van der Waals surface area (Å²) in [5.41, 5.74) is 2.24. The molecule has 1 fully saturated rings. The van der Waals surface area contributed by atoms with Crippen molar-refractivity contribution in [3.05, 3.63) is 65.5 Å². The summed E-state index contributed by atoms with van der Waals surface area (Å²) < 4.78 is 46.0. The van der Waals surface area contributed by atoms with E-state index in [4.69, 9.17) is 4.74 Å². The van der Waals surface area contributed by atoms with Crippen molar-refractivity contribution < 1.29 is 17.9 Å². The van der Waals surface area contributed by atoms with Crippen LogP contribution in [0.25, 0.3) is 5.69 Å². The normalized spacial score (nSPS) is 19.0. The summed E-state index contributed by atoms with van der Waals surface area (Å²) >= 11 is 0. The quantitative estimate of drug-likeness (QED) is 0.531. The van der Waals surface area contributed by atoms with Gasteiger partial charge in [0.15, 0.2) is 0 Å². The predicted molar refractivity (Wildman–Crippen MR) is 124 cm³/mol. The summed E-state index contributed by atoms with van der Waals surface area (Å²) in [4.78, 5) is 2.44. The van der Waals surface area contributed by atoms with Crippen molar-refractivity contribution in [2.45, 2.75) is 38.0 Å². The molecule has 1 saturated heterocycles. The number of piperidine rings is 1. The number of nitrogens with zero attached hydrogens (tertiary/aromatic N) is 5. The first-order chi connectivity index (χ1) is 15.9. The molecule has 4 rings (SSSR count). The largest absolute Gasteiger partial charge is 0.496 e. The summed E-state index contributed by atoms with van der Waals surface area (Å²) in [6.45, 7) is 5.56. The van der Waals surface area contributed by atoms with Gasteiger partial charge in [0, 0.05) is 30.6 Å². The fraction of sp³-hybridized carbons (Fsp3) is 0.435. The first-order valence-corrected chi connectivity index (χ1v) is 10.9. The van der Waals surface area contributed by atoms with E-state index in [1.165, 1.54) is 11.6 Å². The molecule has 0 spiro atoms. The number of ether oxygens (including phenoxy) is 1. The molecule has 1 aromatic heterocycles. The van der Waals surface area contributed by atoms with Crippen LogP contribution in [-0.4, -0.2) is 57.9 Å². The number of likely N-dealkylation sites (tertiary alicyclic amines) is 1. The fourth-order valence-corrected chi connectivity index (χ4v) is 4.40. The third-order valence-electron chi connectivity index (χ3n) is 6.16. The van der Waals surface area contributed by atoms with Crippen LogP contribution < -0.4 is 10.1 Å². The molecule has 1 N–H and O–H groups in total. The fourth-order valence-electron chi connectivity index (χ4n) is 4.40. The van der Waals surface area contributed by atoms with Gasteiger partial charge in [0.25, 0.3) is 5.82 Å². The number of likely N-dealkylation sites (N-methyl/N-ethyl adjacent to an activating group) is 1. The Morgan fingerprint density at radius 1 is 1.15 bits per heavy atom. The molecule has 0 bridgehead atoms. The van der Waals surface area contributed by atoms with Crippen LogP contribution in [0.15, 0.2) is 48.5 Å². The maximum Gasteiger partial charge on any atom is 0.453 e. The summed E-state index contributed by atoms with van der Waals surface area (Å²) in [5.74, 6) is -0.261. The molecule has 0 amide bonds. The van der Waals surface area contributed by atoms with Crippen molar-refractivity contribution in [3.8, 4) is 11.4 Å². The monoisotopic (exact) mass is 496 g/mol. The SMILES string of the molecule is CCN1CC[C@H](NCc2cc(-n3nnnc3C(F)(F)F)ccc2OC)[C@H](c2ccccc2)C1.Cl. The minimum absolute atomic E-state index is 0. The predicted octanol–water partition coefficient (Wildman–Crippen LogP) is 4.08. The van der Waals surface area contributed by atoms with E-state index in [-0.39, 0.29) is 24.1 Å². The van der Waals surface area contributed by atoms with Crippen LogP contribution in [0, 0.1) is 0 Å². The van der Waals surface area contributed by atoms with E-state index in [0.717, 1.165) is 31.6 Å². The number of hydrogen-bond donors (Lipinski definition) is 1. The topological polar surface area (TPSA) is 68.1 Å². The molecule has 0 saturated carbocycles. The number of aromatic nitrogens is 4. The van der Waals surface area contributed by atoms with Crippen LogP contribution in [-0.2, 0) is 12.7 Å². The Labute approximate surface area is 202 Å². The van der Waals surface area contributed by atoms with Crippen molar-refractivity contribution in [2.24, 2.45) is 0 Å². The van der Waals surface area contributed by atoms with Gasteiger partial charge in [-0.25, -0.2) is 0 Å². The lowest BCUT2D eigenvalue weighted by molar-refractivity contribution is -0.146. The van der Waals surface area contributed by atoms with Gasteiger partial charge in [-0.3, -0.25) is 0 Å². The van der Waals surface area contributed by atoms with Crippen molar-refractivity contribution in [1.29, 1.82) is 0 Å². The number of tetrazole rings is 1. The molecule has 0 radical (unpaired) electrons. The summed E-state index contributed by atoms with van der Waals surface area (Å²) in [6.07, 6.45) is -3.68. The second kappa shape index (κ2) is 11.2. The van der Waals surface area contributed by atoms with Crippen molar-refractivity contribution in [2.75, 3.05) is 26.7 Å². The lowest BCUT2D eigenvalue weighted by Gasteiger charge is -2.39. The van der Waals surface area contributed by atoms with Gasteiger partial charge in [-0.15, -0.1) is 17.5 Å². The van der Waals surface area contributed by atoms with Gasteiger partial charge in [-0.2, -0.15) is 17.9 Å². The molecule has 0 unspecified atom stereocenters. The molecule has 1 aliphatic rings. The minimum atomic E-state index is -4.65. The molecule has 34 heavy (non-hydrogen) atoms. The molecule has 2 aromatic carbocycles. The van der Waals surface area contributed by atoms with Crippen molar-refractivity contribution in [3.63, 3.8) is 0 Å². The van der Waals surface area contributed by atoms with E-state index in [9.17, 15) is 13.2 Å². The zero-order valence-electron chi connectivity index (χ0n) is 19.0. The Kier molecular flexibility index (Phi) is 8.51. The number of methoxy groups -OCH3 is 1. The van der Waals surface area contributed by atoms with E-state index < -0.39 is 12.0 Å². The molecule has 184 valence electrons. The lowest BCUT2D eigenvalue weighted by atomic mass is 9.85. The minimum Gasteiger partial charge on any atom is -0.496 e. The van der Waals surface area contributed by atoms with Gasteiger partial charge >= 0.3 is 6.18 Å². The number of nitrogens with one attached hydrogen (secondary N) is 1. The second-order valence-corrected chi connectivity index (χ2v) is 8.09. The second-order valence-electron chi connectivity index (χ2n) is 8.09. The number of alkyl halides is 3. The highest BCUT2D eigenvalue weighted by atomic mass is 35.5. The molecule has 2 atom stereocenters. The molecule has 3 aromatic rings. The lowest BCUT2D eigenvalue weighted by Crippen LogP contribution is -2.47. The first kappa shape index (κ1) is 25.9. The summed E-state index contributed by atoms with van der Waals surface area (Å²) in [7, 11) is 1.54. The van der Waals surface area contributed by atoms with Crippen molar-refractivity contribution in [1.82, 2.24) is 30.4 Å². The van der Waals surface area contributed by atoms with Gasteiger partial charge in [0.05, 0.1) is 12.8 Å². The Morgan fingerprint density at radius 3 is 2.59 bits per heavy atom. The number of rotatable bonds is 7. The van der Waals surface area contributed by atoms with Crippen LogP contribution in [0.1, 0.15) is 36.2 Å². The van der Waals surface area contributed by atoms with Crippen LogP contribution in [0.5, 0.6) is 5.75 Å². The molecule has 7 nitrogen and oxygen atoms in total. The molecule has 2 heterocycles. The van der Waals surface area contributed by atoms with Crippen LogP contribution in [0.2, 0.25) is 0 Å². The molecule has 1 aliphatic heterocycles. The van der Waals surface area contributed by atoms with E-state index in [1.807, 2.05) is 18.2 Å². The van der Waals surface area contributed by atoms with Gasteiger partial charge in [0.1, 0.15) is 5.75 Å².